The maximum Gasteiger partial charge on any atom is 0.254 e. The molecule has 0 aromatic heterocycles. The second-order valence-electron chi connectivity index (χ2n) is 6.81. The Morgan fingerprint density at radius 2 is 1.96 bits per heavy atom. The number of carbonyl (C=O) groups is 2. The lowest BCUT2D eigenvalue weighted by Crippen LogP contribution is -2.34. The predicted molar refractivity (Wildman–Crippen MR) is 101 cm³/mol. The van der Waals surface area contributed by atoms with Gasteiger partial charge in [-0.15, -0.1) is 0 Å². The Labute approximate surface area is 153 Å². The Kier molecular flexibility index (Phi) is 5.09. The lowest BCUT2D eigenvalue weighted by molar-refractivity contribution is -0.115. The summed E-state index contributed by atoms with van der Waals surface area (Å²) in [5.41, 5.74) is 1.99. The molecular formula is C21H24N2O3. The highest BCUT2D eigenvalue weighted by atomic mass is 16.3. The monoisotopic (exact) mass is 352 g/mol. The number of aliphatic hydroxyl groups is 1. The predicted octanol–water partition coefficient (Wildman–Crippen LogP) is 3.08. The van der Waals surface area contributed by atoms with E-state index in [1.165, 1.54) is 0 Å². The highest BCUT2D eigenvalue weighted by Gasteiger charge is 2.40. The third-order valence-corrected chi connectivity index (χ3v) is 4.90. The van der Waals surface area contributed by atoms with Gasteiger partial charge in [-0.05, 0) is 42.7 Å². The Morgan fingerprint density at radius 3 is 2.69 bits per heavy atom. The van der Waals surface area contributed by atoms with Crippen LogP contribution in [0.2, 0.25) is 0 Å². The fraction of sp³-hybridized carbons (Fsp3) is 0.333. The summed E-state index contributed by atoms with van der Waals surface area (Å²) in [6.45, 7) is 4.51. The van der Waals surface area contributed by atoms with Crippen LogP contribution in [0, 0.1) is 6.92 Å². The summed E-state index contributed by atoms with van der Waals surface area (Å²) < 4.78 is 0. The summed E-state index contributed by atoms with van der Waals surface area (Å²) in [5.74, 6) is -0.230. The zero-order valence-corrected chi connectivity index (χ0v) is 15.2. The molecule has 0 saturated carbocycles. The molecule has 0 aliphatic carbocycles. The van der Waals surface area contributed by atoms with Crippen LogP contribution in [0.25, 0.3) is 0 Å². The molecule has 1 saturated heterocycles. The van der Waals surface area contributed by atoms with Crippen molar-refractivity contribution in [3.8, 4) is 0 Å². The molecule has 26 heavy (non-hydrogen) atoms. The van der Waals surface area contributed by atoms with E-state index in [9.17, 15) is 14.7 Å². The van der Waals surface area contributed by atoms with E-state index in [-0.39, 0.29) is 18.4 Å². The minimum Gasteiger partial charge on any atom is -0.383 e. The summed E-state index contributed by atoms with van der Waals surface area (Å²) in [4.78, 5) is 26.1. The van der Waals surface area contributed by atoms with Crippen molar-refractivity contribution in [3.05, 3.63) is 65.2 Å². The number of hydrogen-bond acceptors (Lipinski definition) is 3. The number of carbonyl (C=O) groups excluding carboxylic acids is 2. The average Bonchev–Trinajstić information content (AvgIpc) is 3.04. The maximum atomic E-state index is 12.9. The lowest BCUT2D eigenvalue weighted by Gasteiger charge is -2.25. The Hall–Kier alpha value is -2.66. The molecule has 2 aromatic rings. The SMILES string of the molecule is CCC(=O)Nc1cccc(C(=O)N2CCC(O)(c3ccccc3C)C2)c1. The molecule has 0 spiro atoms. The molecule has 1 unspecified atom stereocenters. The van der Waals surface area contributed by atoms with Gasteiger partial charge in [-0.25, -0.2) is 0 Å². The lowest BCUT2D eigenvalue weighted by atomic mass is 9.89. The smallest absolute Gasteiger partial charge is 0.254 e. The standard InChI is InChI=1S/C21H24N2O3/c1-3-19(24)22-17-9-6-8-16(13-17)20(25)23-12-11-21(26,14-23)18-10-5-4-7-15(18)2/h4-10,13,26H,3,11-12,14H2,1-2H3,(H,22,24). The fourth-order valence-corrected chi connectivity index (χ4v) is 3.44. The first-order valence-corrected chi connectivity index (χ1v) is 8.90. The van der Waals surface area contributed by atoms with Gasteiger partial charge in [-0.2, -0.15) is 0 Å². The number of anilines is 1. The summed E-state index contributed by atoms with van der Waals surface area (Å²) in [6, 6.07) is 14.7. The van der Waals surface area contributed by atoms with E-state index < -0.39 is 5.60 Å². The van der Waals surface area contributed by atoms with Crippen molar-refractivity contribution in [2.75, 3.05) is 18.4 Å². The molecule has 3 rings (SSSR count). The van der Waals surface area contributed by atoms with Crippen LogP contribution in [0.1, 0.15) is 41.3 Å². The number of nitrogens with one attached hydrogen (secondary N) is 1. The van der Waals surface area contributed by atoms with E-state index in [1.807, 2.05) is 31.2 Å². The number of nitrogens with zero attached hydrogens (tertiary/aromatic N) is 1. The minimum atomic E-state index is -1.02. The van der Waals surface area contributed by atoms with Gasteiger partial charge in [0.2, 0.25) is 5.91 Å². The maximum absolute atomic E-state index is 12.9. The second kappa shape index (κ2) is 7.30. The van der Waals surface area contributed by atoms with E-state index in [0.717, 1.165) is 11.1 Å². The Morgan fingerprint density at radius 1 is 1.19 bits per heavy atom. The van der Waals surface area contributed by atoms with Gasteiger partial charge in [0, 0.05) is 24.2 Å². The molecular weight excluding hydrogens is 328 g/mol. The van der Waals surface area contributed by atoms with Gasteiger partial charge in [0.15, 0.2) is 0 Å². The summed E-state index contributed by atoms with van der Waals surface area (Å²) >= 11 is 0. The van der Waals surface area contributed by atoms with Crippen molar-refractivity contribution in [2.24, 2.45) is 0 Å². The number of β-amino-alcohol motifs (C(OH)–C–C–N with tert-alkyl or cyclic N) is 1. The van der Waals surface area contributed by atoms with Crippen molar-refractivity contribution in [1.82, 2.24) is 4.90 Å². The van der Waals surface area contributed by atoms with Gasteiger partial charge in [0.25, 0.3) is 5.91 Å². The van der Waals surface area contributed by atoms with Crippen LogP contribution in [0.3, 0.4) is 0 Å². The Balaban J connectivity index is 1.77. The molecule has 5 heteroatoms. The van der Waals surface area contributed by atoms with E-state index in [2.05, 4.69) is 5.32 Å². The largest absolute Gasteiger partial charge is 0.383 e. The quantitative estimate of drug-likeness (QED) is 0.888. The van der Waals surface area contributed by atoms with E-state index in [0.29, 0.717) is 30.6 Å². The number of hydrogen-bond donors (Lipinski definition) is 2. The highest BCUT2D eigenvalue weighted by Crippen LogP contribution is 2.34. The topological polar surface area (TPSA) is 69.6 Å². The molecule has 5 nitrogen and oxygen atoms in total. The molecule has 2 N–H and O–H groups in total. The van der Waals surface area contributed by atoms with Gasteiger partial charge in [-0.1, -0.05) is 37.3 Å². The molecule has 136 valence electrons. The van der Waals surface area contributed by atoms with Gasteiger partial charge in [0.1, 0.15) is 5.60 Å². The Bertz CT molecular complexity index is 834. The zero-order chi connectivity index (χ0) is 18.7. The van der Waals surface area contributed by atoms with Crippen molar-refractivity contribution >= 4 is 17.5 Å². The number of aryl methyl sites for hydroxylation is 1. The molecule has 0 bridgehead atoms. The van der Waals surface area contributed by atoms with Crippen LogP contribution in [0.5, 0.6) is 0 Å². The van der Waals surface area contributed by atoms with Crippen LogP contribution in [-0.4, -0.2) is 34.9 Å². The van der Waals surface area contributed by atoms with Gasteiger partial charge in [-0.3, -0.25) is 9.59 Å². The molecule has 2 aromatic carbocycles. The van der Waals surface area contributed by atoms with Crippen LogP contribution in [0.15, 0.2) is 48.5 Å². The number of rotatable bonds is 4. The van der Waals surface area contributed by atoms with Crippen molar-refractivity contribution in [1.29, 1.82) is 0 Å². The molecule has 1 heterocycles. The second-order valence-corrected chi connectivity index (χ2v) is 6.81. The van der Waals surface area contributed by atoms with E-state index in [1.54, 1.807) is 36.1 Å². The molecule has 2 amide bonds. The fourth-order valence-electron chi connectivity index (χ4n) is 3.44. The minimum absolute atomic E-state index is 0.0929. The first-order chi connectivity index (χ1) is 12.4. The first-order valence-electron chi connectivity index (χ1n) is 8.90. The van der Waals surface area contributed by atoms with Crippen molar-refractivity contribution in [2.45, 2.75) is 32.3 Å². The average molecular weight is 352 g/mol. The van der Waals surface area contributed by atoms with Crippen LogP contribution in [0.4, 0.5) is 5.69 Å². The third kappa shape index (κ3) is 3.63. The van der Waals surface area contributed by atoms with Crippen LogP contribution >= 0.6 is 0 Å². The third-order valence-electron chi connectivity index (χ3n) is 4.90. The van der Waals surface area contributed by atoms with Crippen molar-refractivity contribution < 1.29 is 14.7 Å². The molecule has 1 fully saturated rings. The molecule has 1 aliphatic rings. The zero-order valence-electron chi connectivity index (χ0n) is 15.2. The van der Waals surface area contributed by atoms with Crippen LogP contribution in [-0.2, 0) is 10.4 Å². The van der Waals surface area contributed by atoms with E-state index in [4.69, 9.17) is 0 Å². The van der Waals surface area contributed by atoms with Crippen LogP contribution < -0.4 is 5.32 Å². The highest BCUT2D eigenvalue weighted by molar-refractivity contribution is 5.97. The molecule has 1 aliphatic heterocycles. The summed E-state index contributed by atoms with van der Waals surface area (Å²) in [5, 5.41) is 13.8. The first kappa shape index (κ1) is 18.1. The van der Waals surface area contributed by atoms with Crippen molar-refractivity contribution in [3.63, 3.8) is 0 Å². The normalized spacial score (nSPS) is 19.4. The van der Waals surface area contributed by atoms with Gasteiger partial charge < -0.3 is 15.3 Å². The summed E-state index contributed by atoms with van der Waals surface area (Å²) in [7, 11) is 0. The van der Waals surface area contributed by atoms with Gasteiger partial charge in [0.05, 0.1) is 6.54 Å². The number of likely N-dealkylation sites (tertiary alicyclic amines) is 1. The summed E-state index contributed by atoms with van der Waals surface area (Å²) in [6.07, 6.45) is 0.892. The van der Waals surface area contributed by atoms with E-state index >= 15 is 0 Å². The molecule has 0 radical (unpaired) electrons. The van der Waals surface area contributed by atoms with Gasteiger partial charge >= 0.3 is 0 Å². The number of benzene rings is 2. The number of amides is 2. The molecule has 1 atom stereocenters.